The lowest BCUT2D eigenvalue weighted by Gasteiger charge is -2.62. The molecular weight excluding hydrogens is 828 g/mol. The van der Waals surface area contributed by atoms with Crippen LogP contribution in [0.4, 0.5) is 0 Å². The van der Waals surface area contributed by atoms with Gasteiger partial charge in [0.2, 0.25) is 0 Å². The minimum absolute atomic E-state index is 0.145. The minimum atomic E-state index is -1.85. The quantitative estimate of drug-likeness (QED) is 0.134. The maximum absolute atomic E-state index is 12.1. The Labute approximate surface area is 369 Å². The molecule has 4 aliphatic carbocycles. The van der Waals surface area contributed by atoms with E-state index >= 15 is 0 Å². The highest BCUT2D eigenvalue weighted by Gasteiger charge is 2.69. The zero-order chi connectivity index (χ0) is 45.1. The molecule has 9 fully saturated rings. The van der Waals surface area contributed by atoms with Gasteiger partial charge in [0.25, 0.3) is 0 Å². The number of rotatable bonds is 8. The van der Waals surface area contributed by atoms with Gasteiger partial charge in [0.15, 0.2) is 24.7 Å². The summed E-state index contributed by atoms with van der Waals surface area (Å²) in [5, 5.41) is 108. The number of fused-ring (bicyclic) bond motifs is 7. The van der Waals surface area contributed by atoms with Crippen molar-refractivity contribution in [3.8, 4) is 0 Å². The van der Waals surface area contributed by atoms with Gasteiger partial charge in [-0.15, -0.1) is 0 Å². The van der Waals surface area contributed by atoms with Crippen LogP contribution in [0.25, 0.3) is 0 Å². The summed E-state index contributed by atoms with van der Waals surface area (Å²) in [5.74, 6) is 2.45. The van der Waals surface area contributed by atoms with E-state index < -0.39 is 123 Å². The van der Waals surface area contributed by atoms with E-state index in [1.54, 1.807) is 0 Å². The Bertz CT molecular complexity index is 1580. The average Bonchev–Trinajstić information content (AvgIpc) is 3.70. The van der Waals surface area contributed by atoms with E-state index in [2.05, 4.69) is 27.7 Å². The van der Waals surface area contributed by atoms with Gasteiger partial charge in [-0.05, 0) is 105 Å². The molecule has 0 radical (unpaired) electrons. The van der Waals surface area contributed by atoms with Crippen molar-refractivity contribution >= 4 is 0 Å². The number of ether oxygens (including phenoxy) is 8. The van der Waals surface area contributed by atoms with Crippen LogP contribution in [0.5, 0.6) is 0 Å². The Kier molecular flexibility index (Phi) is 13.3. The van der Waals surface area contributed by atoms with Crippen molar-refractivity contribution in [1.29, 1.82) is 0 Å². The molecule has 63 heavy (non-hydrogen) atoms. The fraction of sp³-hybridized carbons (Fsp3) is 1.00. The molecule has 18 heteroatoms. The van der Waals surface area contributed by atoms with Gasteiger partial charge in [0, 0.05) is 12.3 Å². The summed E-state index contributed by atoms with van der Waals surface area (Å²) in [6.45, 7) is 10.2. The van der Waals surface area contributed by atoms with Crippen LogP contribution in [0.15, 0.2) is 0 Å². The van der Waals surface area contributed by atoms with Crippen LogP contribution < -0.4 is 0 Å². The number of aliphatic hydroxyl groups is 10. The third-order valence-electron chi connectivity index (χ3n) is 18.3. The first-order chi connectivity index (χ1) is 29.8. The van der Waals surface area contributed by atoms with Crippen LogP contribution in [0.3, 0.4) is 0 Å². The second kappa shape index (κ2) is 17.7. The monoisotopic (exact) mass is 902 g/mol. The fourth-order valence-electron chi connectivity index (χ4n) is 14.7. The van der Waals surface area contributed by atoms with Crippen LogP contribution in [0.1, 0.15) is 92.4 Å². The van der Waals surface area contributed by atoms with Gasteiger partial charge in [0.1, 0.15) is 67.1 Å². The minimum Gasteiger partial charge on any atom is -0.394 e. The first-order valence-electron chi connectivity index (χ1n) is 23.8. The topological polar surface area (TPSA) is 276 Å². The molecule has 362 valence electrons. The molecule has 4 unspecified atom stereocenters. The third kappa shape index (κ3) is 7.79. The summed E-state index contributed by atoms with van der Waals surface area (Å²) in [7, 11) is 0. The molecule has 0 aromatic rings. The van der Waals surface area contributed by atoms with E-state index in [4.69, 9.17) is 37.9 Å². The van der Waals surface area contributed by atoms with Crippen molar-refractivity contribution in [3.63, 3.8) is 0 Å². The highest BCUT2D eigenvalue weighted by molar-refractivity contribution is 5.16. The summed E-state index contributed by atoms with van der Waals surface area (Å²) in [6, 6.07) is 0. The van der Waals surface area contributed by atoms with Gasteiger partial charge >= 0.3 is 0 Å². The maximum Gasteiger partial charge on any atom is 0.187 e. The van der Waals surface area contributed by atoms with Crippen molar-refractivity contribution in [2.24, 2.45) is 52.3 Å². The van der Waals surface area contributed by atoms with Gasteiger partial charge < -0.3 is 89.0 Å². The summed E-state index contributed by atoms with van der Waals surface area (Å²) in [4.78, 5) is 0. The van der Waals surface area contributed by atoms with Crippen molar-refractivity contribution in [3.05, 3.63) is 0 Å². The van der Waals surface area contributed by atoms with Gasteiger partial charge in [-0.3, -0.25) is 0 Å². The Hall–Kier alpha value is -0.720. The summed E-state index contributed by atoms with van der Waals surface area (Å²) < 4.78 is 49.7. The molecule has 0 aromatic carbocycles. The summed E-state index contributed by atoms with van der Waals surface area (Å²) in [6.07, 6.45) is -17.0. The van der Waals surface area contributed by atoms with E-state index in [1.165, 1.54) is 6.92 Å². The van der Waals surface area contributed by atoms with Gasteiger partial charge in [0.05, 0.1) is 44.2 Å². The Morgan fingerprint density at radius 2 is 1.27 bits per heavy atom. The molecule has 0 amide bonds. The lowest BCUT2D eigenvalue weighted by molar-refractivity contribution is -0.392. The van der Waals surface area contributed by atoms with E-state index in [-0.39, 0.29) is 22.9 Å². The first kappa shape index (κ1) is 47.4. The second-order valence-electron chi connectivity index (χ2n) is 21.7. The zero-order valence-electron chi connectivity index (χ0n) is 37.2. The highest BCUT2D eigenvalue weighted by Crippen LogP contribution is 2.71. The van der Waals surface area contributed by atoms with E-state index in [0.29, 0.717) is 48.3 Å². The predicted octanol–water partition coefficient (Wildman–Crippen LogP) is -0.735. The van der Waals surface area contributed by atoms with Crippen LogP contribution >= 0.6 is 0 Å². The second-order valence-corrected chi connectivity index (χ2v) is 21.7. The van der Waals surface area contributed by atoms with Crippen LogP contribution in [-0.4, -0.2) is 187 Å². The Balaban J connectivity index is 0.916. The molecule has 1 spiro atoms. The van der Waals surface area contributed by atoms with Gasteiger partial charge in [-0.25, -0.2) is 0 Å². The standard InChI is InChI=1S/C45H74O18/c1-18-8-11-45(56-17-18)19(2)30-27(63-45)13-24-22-7-6-21-12-26(25(48)14-44(21,5)23(22)9-10-43(24,30)4)58-42-39(62-40-35(53)33(51)31(49)20(3)57-40)37(55)38(29(16-47)60-42)61-41-36(54)34(52)32(50)28(15-46)59-41/h18-42,46-55H,6-17H2,1-5H3/t18-,19+,20+,21+,22?,23?,24+,25-,26-,27?,28-,29-,30?,31+,32-,33-,34+,35-,36-,37+,38+,39-,40+,41+,42-,43+,44+,45-/m1/s1. The Morgan fingerprint density at radius 1 is 0.603 bits per heavy atom. The number of hydrogen-bond acceptors (Lipinski definition) is 18. The van der Waals surface area contributed by atoms with Gasteiger partial charge in [-0.1, -0.05) is 27.7 Å². The molecule has 10 N–H and O–H groups in total. The molecule has 4 saturated carbocycles. The SMILES string of the molecule is C[C@@H]1CC[C@@]2(OC1)OC1C[C@H]3C4CC[C@H]5C[C@@H](O[C@@H]6O[C@H](CO)[C@H](O[C@@H]7O[C@H](CO)[C@@H](O)[C@H](O)[C@H]7O)[C@H](O)[C@H]6O[C@@H]6O[C@@H](C)[C@H](O)[C@@H](O)[C@H]6O)[C@H](O)C[C@]5(C)C4CC[C@]3(C)C1[C@@H]2C. The fourth-order valence-corrected chi connectivity index (χ4v) is 14.7. The normalized spacial score (nSPS) is 59.4. The summed E-state index contributed by atoms with van der Waals surface area (Å²) in [5.41, 5.74) is -0.0296. The van der Waals surface area contributed by atoms with Crippen molar-refractivity contribution in [2.75, 3.05) is 19.8 Å². The molecule has 28 atom stereocenters. The van der Waals surface area contributed by atoms with Crippen LogP contribution in [0.2, 0.25) is 0 Å². The van der Waals surface area contributed by atoms with Crippen LogP contribution in [-0.2, 0) is 37.9 Å². The van der Waals surface area contributed by atoms with E-state index in [0.717, 1.165) is 51.6 Å². The Morgan fingerprint density at radius 3 is 1.95 bits per heavy atom. The first-order valence-corrected chi connectivity index (χ1v) is 23.8. The van der Waals surface area contributed by atoms with E-state index in [9.17, 15) is 51.1 Å². The smallest absolute Gasteiger partial charge is 0.187 e. The molecular formula is C45H74O18. The van der Waals surface area contributed by atoms with Gasteiger partial charge in [-0.2, -0.15) is 0 Å². The maximum atomic E-state index is 12.1. The highest BCUT2D eigenvalue weighted by atomic mass is 16.8. The molecule has 0 aromatic heterocycles. The average molecular weight is 903 g/mol. The molecule has 9 rings (SSSR count). The summed E-state index contributed by atoms with van der Waals surface area (Å²) >= 11 is 0. The predicted molar refractivity (Wildman–Crippen MR) is 216 cm³/mol. The molecule has 5 aliphatic heterocycles. The lowest BCUT2D eigenvalue weighted by atomic mass is 9.44. The van der Waals surface area contributed by atoms with Crippen molar-refractivity contribution in [2.45, 2.75) is 209 Å². The molecule has 5 heterocycles. The lowest BCUT2D eigenvalue weighted by Crippen LogP contribution is -2.67. The molecule has 18 nitrogen and oxygen atoms in total. The zero-order valence-corrected chi connectivity index (χ0v) is 37.2. The van der Waals surface area contributed by atoms with Crippen LogP contribution in [0, 0.1) is 52.3 Å². The van der Waals surface area contributed by atoms with Crippen molar-refractivity contribution in [1.82, 2.24) is 0 Å². The number of hydrogen-bond donors (Lipinski definition) is 10. The molecule has 9 aliphatic rings. The largest absolute Gasteiger partial charge is 0.394 e. The van der Waals surface area contributed by atoms with E-state index in [1.807, 2.05) is 0 Å². The molecule has 0 bridgehead atoms. The van der Waals surface area contributed by atoms with Crippen molar-refractivity contribution < 1.29 is 89.0 Å². The number of aliphatic hydroxyl groups excluding tert-OH is 10. The molecule has 5 saturated heterocycles. The third-order valence-corrected chi connectivity index (χ3v) is 18.3.